The number of hydrogen-bond donors (Lipinski definition) is 3. The Morgan fingerprint density at radius 2 is 1.84 bits per heavy atom. The van der Waals surface area contributed by atoms with E-state index in [-0.39, 0.29) is 0 Å². The van der Waals surface area contributed by atoms with E-state index in [1.807, 2.05) is 30.5 Å². The number of ether oxygens (including phenoxy) is 1. The number of carbonyl (C=O) groups is 3. The van der Waals surface area contributed by atoms with Gasteiger partial charge in [0, 0.05) is 40.5 Å². The normalized spacial score (nSPS) is 25.8. The first kappa shape index (κ1) is 22.7. The van der Waals surface area contributed by atoms with Crippen molar-refractivity contribution in [2.75, 3.05) is 17.3 Å². The van der Waals surface area contributed by atoms with Crippen LogP contribution in [0.25, 0.3) is 10.9 Å². The van der Waals surface area contributed by atoms with Crippen LogP contribution in [-0.4, -0.2) is 35.9 Å². The molecule has 2 fully saturated rings. The number of carbonyl (C=O) groups excluding carboxylic acids is 3. The minimum atomic E-state index is -1.58. The molecule has 3 aliphatic heterocycles. The van der Waals surface area contributed by atoms with Crippen LogP contribution in [0.2, 0.25) is 0 Å². The highest BCUT2D eigenvalue weighted by Crippen LogP contribution is 2.54. The summed E-state index contributed by atoms with van der Waals surface area (Å²) in [4.78, 5) is 46.2. The van der Waals surface area contributed by atoms with Crippen molar-refractivity contribution in [1.82, 2.24) is 10.3 Å². The van der Waals surface area contributed by atoms with Crippen molar-refractivity contribution in [3.8, 4) is 5.75 Å². The lowest BCUT2D eigenvalue weighted by molar-refractivity contribution is -0.130. The van der Waals surface area contributed by atoms with Crippen molar-refractivity contribution in [3.63, 3.8) is 0 Å². The van der Waals surface area contributed by atoms with Gasteiger partial charge in [0.05, 0.1) is 24.6 Å². The van der Waals surface area contributed by atoms with Crippen LogP contribution < -0.4 is 20.3 Å². The number of rotatable bonds is 4. The maximum atomic E-state index is 14.5. The van der Waals surface area contributed by atoms with E-state index < -0.39 is 47.0 Å². The van der Waals surface area contributed by atoms with Gasteiger partial charge in [0.1, 0.15) is 17.1 Å². The van der Waals surface area contributed by atoms with E-state index in [4.69, 9.17) is 4.74 Å². The molecule has 4 atom stereocenters. The molecule has 7 rings (SSSR count). The second kappa shape index (κ2) is 8.00. The molecule has 1 spiro atoms. The van der Waals surface area contributed by atoms with Crippen LogP contribution in [0.5, 0.6) is 5.75 Å². The van der Waals surface area contributed by atoms with Gasteiger partial charge >= 0.3 is 0 Å². The number of para-hydroxylation sites is 1. The van der Waals surface area contributed by atoms with Gasteiger partial charge in [-0.1, -0.05) is 24.3 Å². The third kappa shape index (κ3) is 2.96. The molecule has 4 aromatic rings. The first-order valence-corrected chi connectivity index (χ1v) is 12.4. The molecule has 190 valence electrons. The molecule has 8 nitrogen and oxygen atoms in total. The fourth-order valence-corrected chi connectivity index (χ4v) is 6.49. The van der Waals surface area contributed by atoms with Crippen LogP contribution in [-0.2, 0) is 26.3 Å². The number of amides is 3. The first-order chi connectivity index (χ1) is 18.4. The van der Waals surface area contributed by atoms with E-state index in [1.165, 1.54) is 25.3 Å². The van der Waals surface area contributed by atoms with Crippen molar-refractivity contribution >= 4 is 40.0 Å². The number of nitrogens with zero attached hydrogens (tertiary/aromatic N) is 1. The molecule has 3 aliphatic rings. The van der Waals surface area contributed by atoms with E-state index in [0.29, 0.717) is 29.1 Å². The second-order valence-corrected chi connectivity index (χ2v) is 9.98. The van der Waals surface area contributed by atoms with Gasteiger partial charge in [0.15, 0.2) is 0 Å². The number of aromatic amines is 1. The van der Waals surface area contributed by atoms with Gasteiger partial charge in [0.25, 0.3) is 0 Å². The second-order valence-electron chi connectivity index (χ2n) is 9.98. The lowest BCUT2D eigenvalue weighted by Gasteiger charge is -2.29. The maximum absolute atomic E-state index is 14.5. The summed E-state index contributed by atoms with van der Waals surface area (Å²) in [5.74, 6) is -3.31. The zero-order valence-corrected chi connectivity index (χ0v) is 20.3. The van der Waals surface area contributed by atoms with Crippen LogP contribution in [0.4, 0.5) is 15.8 Å². The van der Waals surface area contributed by atoms with Gasteiger partial charge in [-0.05, 0) is 48.4 Å². The highest BCUT2D eigenvalue weighted by molar-refractivity contribution is 6.25. The van der Waals surface area contributed by atoms with Gasteiger partial charge in [-0.3, -0.25) is 19.7 Å². The van der Waals surface area contributed by atoms with Crippen molar-refractivity contribution in [2.24, 2.45) is 11.8 Å². The molecule has 4 heterocycles. The number of nitrogens with one attached hydrogen (secondary N) is 3. The molecule has 0 bridgehead atoms. The van der Waals surface area contributed by atoms with Crippen molar-refractivity contribution < 1.29 is 23.5 Å². The Labute approximate surface area is 216 Å². The van der Waals surface area contributed by atoms with Crippen molar-refractivity contribution in [2.45, 2.75) is 18.0 Å². The maximum Gasteiger partial charge on any atom is 0.250 e. The average molecular weight is 511 g/mol. The summed E-state index contributed by atoms with van der Waals surface area (Å²) in [6.45, 7) is 0. The monoisotopic (exact) mass is 510 g/mol. The number of methoxy groups -OCH3 is 1. The number of benzene rings is 3. The average Bonchev–Trinajstić information content (AvgIpc) is 3.63. The minimum absolute atomic E-state index is 0.340. The summed E-state index contributed by atoms with van der Waals surface area (Å²) >= 11 is 0. The van der Waals surface area contributed by atoms with E-state index in [1.54, 1.807) is 24.3 Å². The zero-order valence-electron chi connectivity index (χ0n) is 20.3. The van der Waals surface area contributed by atoms with Gasteiger partial charge in [0.2, 0.25) is 17.7 Å². The molecule has 3 N–H and O–H groups in total. The fraction of sp³-hybridized carbons (Fsp3) is 0.207. The number of halogens is 1. The quantitative estimate of drug-likeness (QED) is 0.365. The molecule has 2 saturated heterocycles. The summed E-state index contributed by atoms with van der Waals surface area (Å²) in [5.41, 5.74) is 1.45. The summed E-state index contributed by atoms with van der Waals surface area (Å²) in [7, 11) is 1.51. The number of aromatic nitrogens is 1. The molecule has 0 radical (unpaired) electrons. The largest absolute Gasteiger partial charge is 0.497 e. The summed E-state index contributed by atoms with van der Waals surface area (Å²) in [6.07, 6.45) is 2.27. The van der Waals surface area contributed by atoms with Gasteiger partial charge in [-0.15, -0.1) is 0 Å². The molecule has 3 amide bonds. The predicted octanol–water partition coefficient (Wildman–Crippen LogP) is 3.48. The number of anilines is 2. The molecule has 0 saturated carbocycles. The van der Waals surface area contributed by atoms with Crippen molar-refractivity contribution in [1.29, 1.82) is 0 Å². The Morgan fingerprint density at radius 3 is 2.68 bits per heavy atom. The van der Waals surface area contributed by atoms with Crippen LogP contribution in [0.1, 0.15) is 11.1 Å². The molecule has 0 unspecified atom stereocenters. The highest BCUT2D eigenvalue weighted by Gasteiger charge is 2.70. The lowest BCUT2D eigenvalue weighted by Crippen LogP contribution is -2.53. The highest BCUT2D eigenvalue weighted by atomic mass is 19.1. The molecule has 38 heavy (non-hydrogen) atoms. The number of fused-ring (bicyclic) bond motifs is 5. The third-order valence-corrected chi connectivity index (χ3v) is 8.10. The Balaban J connectivity index is 1.38. The summed E-state index contributed by atoms with van der Waals surface area (Å²) in [6, 6.07) is 18.0. The Kier molecular flexibility index (Phi) is 4.77. The minimum Gasteiger partial charge on any atom is -0.497 e. The van der Waals surface area contributed by atoms with Gasteiger partial charge in [-0.2, -0.15) is 0 Å². The zero-order chi connectivity index (χ0) is 26.2. The lowest BCUT2D eigenvalue weighted by atomic mass is 9.76. The SMILES string of the molecule is COc1cccc(N2C(=O)[C@@H]3[C@H](Cc4c[nH]c5ccccc45)N[C@@]4(C(=O)Nc5ccc(F)cc54)[C@@H]3C2=O)c1. The topological polar surface area (TPSA) is 104 Å². The first-order valence-electron chi connectivity index (χ1n) is 12.4. The number of hydrogen-bond acceptors (Lipinski definition) is 5. The molecular formula is C29H23FN4O4. The van der Waals surface area contributed by atoms with E-state index >= 15 is 0 Å². The van der Waals surface area contributed by atoms with E-state index in [9.17, 15) is 18.8 Å². The Hall–Kier alpha value is -4.50. The molecule has 9 heteroatoms. The van der Waals surface area contributed by atoms with Crippen LogP contribution >= 0.6 is 0 Å². The van der Waals surface area contributed by atoms with Crippen LogP contribution in [0.15, 0.2) is 72.9 Å². The smallest absolute Gasteiger partial charge is 0.250 e. The van der Waals surface area contributed by atoms with Gasteiger partial charge in [-0.25, -0.2) is 9.29 Å². The summed E-state index contributed by atoms with van der Waals surface area (Å²) in [5, 5.41) is 7.18. The van der Waals surface area contributed by atoms with E-state index in [0.717, 1.165) is 21.4 Å². The van der Waals surface area contributed by atoms with E-state index in [2.05, 4.69) is 15.6 Å². The van der Waals surface area contributed by atoms with Crippen LogP contribution in [0, 0.1) is 17.7 Å². The fourth-order valence-electron chi connectivity index (χ4n) is 6.49. The summed E-state index contributed by atoms with van der Waals surface area (Å²) < 4.78 is 19.8. The molecule has 3 aromatic carbocycles. The van der Waals surface area contributed by atoms with Crippen LogP contribution in [0.3, 0.4) is 0 Å². The number of imide groups is 1. The third-order valence-electron chi connectivity index (χ3n) is 8.10. The predicted molar refractivity (Wildman–Crippen MR) is 138 cm³/mol. The molecule has 1 aromatic heterocycles. The number of H-pyrrole nitrogens is 1. The molecular weight excluding hydrogens is 487 g/mol. The Bertz CT molecular complexity index is 1670. The molecule has 0 aliphatic carbocycles. The Morgan fingerprint density at radius 1 is 1.00 bits per heavy atom. The van der Waals surface area contributed by atoms with Gasteiger partial charge < -0.3 is 15.0 Å². The van der Waals surface area contributed by atoms with Crippen molar-refractivity contribution in [3.05, 3.63) is 89.9 Å². The standard InChI is InChI=1S/C29H23FN4O4/c1-38-18-6-4-5-17(13-18)34-26(35)24-23(11-15-14-31-21-8-3-2-7-19(15)21)33-29(25(24)27(34)36)20-12-16(30)9-10-22(20)32-28(29)37/h2-10,12-14,23-25,31,33H,11H2,1H3,(H,32,37)/t23-,24+,25-,29+/m0/s1.